The number of amides is 1. The largest absolute Gasteiger partial charge is 0.489 e. The van der Waals surface area contributed by atoms with Crippen molar-refractivity contribution in [3.8, 4) is 5.75 Å². The van der Waals surface area contributed by atoms with E-state index in [1.165, 1.54) is 11.3 Å². The van der Waals surface area contributed by atoms with E-state index in [9.17, 15) is 4.79 Å². The van der Waals surface area contributed by atoms with Crippen LogP contribution in [-0.2, 0) is 13.2 Å². The zero-order chi connectivity index (χ0) is 22.7. The molecule has 1 amide bonds. The van der Waals surface area contributed by atoms with Gasteiger partial charge in [-0.3, -0.25) is 9.69 Å². The first-order chi connectivity index (χ1) is 15.4. The summed E-state index contributed by atoms with van der Waals surface area (Å²) in [4.78, 5) is 17.9. The first kappa shape index (κ1) is 23.4. The molecule has 2 aromatic carbocycles. The van der Waals surface area contributed by atoms with E-state index in [1.807, 2.05) is 53.6 Å². The van der Waals surface area contributed by atoms with Gasteiger partial charge in [0.2, 0.25) is 0 Å². The minimum Gasteiger partial charge on any atom is -0.489 e. The predicted molar refractivity (Wildman–Crippen MR) is 132 cm³/mol. The third-order valence-corrected chi connectivity index (χ3v) is 7.45. The molecule has 4 nitrogen and oxygen atoms in total. The molecule has 1 aromatic heterocycles. The lowest BCUT2D eigenvalue weighted by Crippen LogP contribution is -2.48. The first-order valence-corrected chi connectivity index (χ1v) is 12.3. The fourth-order valence-electron chi connectivity index (χ4n) is 3.59. The number of carbonyl (C=O) groups excluding carboxylic acids is 1. The molecular formula is C24H23Cl3N2O2S. The lowest BCUT2D eigenvalue weighted by atomic mass is 10.2. The van der Waals surface area contributed by atoms with Gasteiger partial charge in [0, 0.05) is 53.4 Å². The number of halogens is 3. The highest BCUT2D eigenvalue weighted by molar-refractivity contribution is 7.12. The maximum atomic E-state index is 13.0. The molecular weight excluding hydrogens is 487 g/mol. The molecule has 3 aromatic rings. The highest BCUT2D eigenvalue weighted by atomic mass is 35.5. The van der Waals surface area contributed by atoms with Crippen LogP contribution in [0.4, 0.5) is 0 Å². The van der Waals surface area contributed by atoms with Crippen molar-refractivity contribution in [3.63, 3.8) is 0 Å². The monoisotopic (exact) mass is 508 g/mol. The molecule has 0 unspecified atom stereocenters. The Balaban J connectivity index is 1.28. The molecule has 0 aliphatic carbocycles. The summed E-state index contributed by atoms with van der Waals surface area (Å²) in [6.45, 7) is 6.11. The minimum atomic E-state index is 0.0766. The Bertz CT molecular complexity index is 1110. The van der Waals surface area contributed by atoms with Gasteiger partial charge in [0.25, 0.3) is 5.91 Å². The Labute approximate surface area is 207 Å². The van der Waals surface area contributed by atoms with Gasteiger partial charge in [-0.1, -0.05) is 40.9 Å². The van der Waals surface area contributed by atoms with Gasteiger partial charge < -0.3 is 9.64 Å². The van der Waals surface area contributed by atoms with Crippen LogP contribution in [0.15, 0.2) is 47.8 Å². The predicted octanol–water partition coefficient (Wildman–Crippen LogP) is 6.55. The standard InChI is InChI=1S/C24H23Cl3N2O2S/c1-16-10-20(4-5-21(16)26)31-14-17-11-23(32-15-17)24(30)29-8-6-28(7-9-29)13-18-2-3-19(25)12-22(18)27/h2-5,10-12,15H,6-9,13-14H2,1H3. The average Bonchev–Trinajstić information content (AvgIpc) is 3.26. The van der Waals surface area contributed by atoms with Crippen molar-refractivity contribution >= 4 is 52.0 Å². The van der Waals surface area contributed by atoms with Gasteiger partial charge in [-0.25, -0.2) is 0 Å². The molecule has 4 rings (SSSR count). The number of benzene rings is 2. The van der Waals surface area contributed by atoms with Gasteiger partial charge in [0.15, 0.2) is 0 Å². The Morgan fingerprint density at radius 1 is 1.00 bits per heavy atom. The highest BCUT2D eigenvalue weighted by Gasteiger charge is 2.23. The van der Waals surface area contributed by atoms with E-state index >= 15 is 0 Å². The van der Waals surface area contributed by atoms with Gasteiger partial charge in [-0.05, 0) is 59.8 Å². The van der Waals surface area contributed by atoms with Gasteiger partial charge in [0.05, 0.1) is 4.88 Å². The number of piperazine rings is 1. The van der Waals surface area contributed by atoms with E-state index < -0.39 is 0 Å². The van der Waals surface area contributed by atoms with E-state index in [-0.39, 0.29) is 5.91 Å². The second kappa shape index (κ2) is 10.4. The maximum absolute atomic E-state index is 13.0. The molecule has 1 aliphatic rings. The number of rotatable bonds is 6. The van der Waals surface area contributed by atoms with Gasteiger partial charge in [-0.15, -0.1) is 11.3 Å². The summed E-state index contributed by atoms with van der Waals surface area (Å²) in [5, 5.41) is 4.02. The van der Waals surface area contributed by atoms with Crippen molar-refractivity contribution in [2.24, 2.45) is 0 Å². The van der Waals surface area contributed by atoms with Crippen molar-refractivity contribution in [1.82, 2.24) is 9.80 Å². The summed E-state index contributed by atoms with van der Waals surface area (Å²) >= 11 is 19.8. The van der Waals surface area contributed by atoms with Crippen molar-refractivity contribution in [2.75, 3.05) is 26.2 Å². The Morgan fingerprint density at radius 2 is 1.78 bits per heavy atom. The Hall–Kier alpha value is -1.76. The van der Waals surface area contributed by atoms with Crippen molar-refractivity contribution in [2.45, 2.75) is 20.1 Å². The molecule has 168 valence electrons. The van der Waals surface area contributed by atoms with Crippen LogP contribution >= 0.6 is 46.1 Å². The number of thiophene rings is 1. The summed E-state index contributed by atoms with van der Waals surface area (Å²) in [7, 11) is 0. The van der Waals surface area contributed by atoms with E-state index in [1.54, 1.807) is 6.07 Å². The SMILES string of the molecule is Cc1cc(OCc2csc(C(=O)N3CCN(Cc4ccc(Cl)cc4Cl)CC3)c2)ccc1Cl. The van der Waals surface area contributed by atoms with Crippen LogP contribution in [0.1, 0.15) is 26.4 Å². The first-order valence-electron chi connectivity index (χ1n) is 10.3. The van der Waals surface area contributed by atoms with Crippen LogP contribution in [0.2, 0.25) is 15.1 Å². The molecule has 2 heterocycles. The van der Waals surface area contributed by atoms with Crippen LogP contribution in [0.3, 0.4) is 0 Å². The van der Waals surface area contributed by atoms with Crippen LogP contribution in [0.25, 0.3) is 0 Å². The van der Waals surface area contributed by atoms with Crippen molar-refractivity contribution in [3.05, 3.63) is 84.5 Å². The molecule has 1 saturated heterocycles. The van der Waals surface area contributed by atoms with Crippen molar-refractivity contribution < 1.29 is 9.53 Å². The van der Waals surface area contributed by atoms with Crippen LogP contribution in [0.5, 0.6) is 5.75 Å². The number of nitrogens with zero attached hydrogens (tertiary/aromatic N) is 2. The fraction of sp³-hybridized carbons (Fsp3) is 0.292. The highest BCUT2D eigenvalue weighted by Crippen LogP contribution is 2.25. The number of hydrogen-bond donors (Lipinski definition) is 0. The number of ether oxygens (including phenoxy) is 1. The smallest absolute Gasteiger partial charge is 0.264 e. The summed E-state index contributed by atoms with van der Waals surface area (Å²) in [5.74, 6) is 0.843. The number of carbonyl (C=O) groups is 1. The zero-order valence-corrected chi connectivity index (χ0v) is 20.7. The van der Waals surface area contributed by atoms with Gasteiger partial charge in [0.1, 0.15) is 12.4 Å². The molecule has 8 heteroatoms. The van der Waals surface area contributed by atoms with Crippen LogP contribution < -0.4 is 4.74 Å². The second-order valence-electron chi connectivity index (χ2n) is 7.82. The quantitative estimate of drug-likeness (QED) is 0.377. The fourth-order valence-corrected chi connectivity index (χ4v) is 5.04. The topological polar surface area (TPSA) is 32.8 Å². The summed E-state index contributed by atoms with van der Waals surface area (Å²) in [5.41, 5.74) is 3.01. The number of hydrogen-bond acceptors (Lipinski definition) is 4. The molecule has 0 N–H and O–H groups in total. The average molecular weight is 510 g/mol. The van der Waals surface area contributed by atoms with E-state index in [0.29, 0.717) is 29.7 Å². The van der Waals surface area contributed by atoms with Crippen LogP contribution in [-0.4, -0.2) is 41.9 Å². The maximum Gasteiger partial charge on any atom is 0.264 e. The molecule has 0 atom stereocenters. The summed E-state index contributed by atoms with van der Waals surface area (Å²) in [6, 6.07) is 13.1. The molecule has 0 spiro atoms. The molecule has 0 radical (unpaired) electrons. The van der Waals surface area contributed by atoms with E-state index in [4.69, 9.17) is 39.5 Å². The summed E-state index contributed by atoms with van der Waals surface area (Å²) < 4.78 is 5.85. The molecule has 1 aliphatic heterocycles. The lowest BCUT2D eigenvalue weighted by molar-refractivity contribution is 0.0633. The Kier molecular flexibility index (Phi) is 7.64. The lowest BCUT2D eigenvalue weighted by Gasteiger charge is -2.34. The van der Waals surface area contributed by atoms with Crippen molar-refractivity contribution in [1.29, 1.82) is 0 Å². The Morgan fingerprint density at radius 3 is 2.50 bits per heavy atom. The minimum absolute atomic E-state index is 0.0766. The number of aryl methyl sites for hydroxylation is 1. The third-order valence-electron chi connectivity index (χ3n) is 5.47. The van der Waals surface area contributed by atoms with E-state index in [0.717, 1.165) is 52.0 Å². The zero-order valence-electron chi connectivity index (χ0n) is 17.6. The second-order valence-corrected chi connectivity index (χ2v) is 9.99. The molecule has 0 saturated carbocycles. The van der Waals surface area contributed by atoms with Crippen LogP contribution in [0, 0.1) is 6.92 Å². The van der Waals surface area contributed by atoms with E-state index in [2.05, 4.69) is 4.90 Å². The molecule has 0 bridgehead atoms. The van der Waals surface area contributed by atoms with Gasteiger partial charge >= 0.3 is 0 Å². The normalized spacial score (nSPS) is 14.6. The third kappa shape index (κ3) is 5.77. The van der Waals surface area contributed by atoms with Gasteiger partial charge in [-0.2, -0.15) is 0 Å². The summed E-state index contributed by atoms with van der Waals surface area (Å²) in [6.07, 6.45) is 0. The molecule has 32 heavy (non-hydrogen) atoms. The molecule has 1 fully saturated rings.